The summed E-state index contributed by atoms with van der Waals surface area (Å²) in [4.78, 5) is 26.5. The molecule has 8 nitrogen and oxygen atoms in total. The van der Waals surface area contributed by atoms with Crippen molar-refractivity contribution in [3.63, 3.8) is 0 Å². The third-order valence-electron chi connectivity index (χ3n) is 8.02. The lowest BCUT2D eigenvalue weighted by molar-refractivity contribution is -0.147. The number of aryl methyl sites for hydroxylation is 1. The lowest BCUT2D eigenvalue weighted by atomic mass is 9.98. The van der Waals surface area contributed by atoms with E-state index in [-0.39, 0.29) is 36.2 Å². The number of benzene rings is 5. The standard InChI is InChI=1S/C38H33NO7S/c1-26-15-21-30(22-16-26)47(42,43)46-29-19-17-27(18-20-29)23-36(37(40)44-24-28-9-3-2-4-10-28)39-38(41)45-25-35-33-13-7-5-11-31(33)32-12-6-8-14-34(32)35/h2-22,35-36H,23-25H2,1H3,(H,39,41). The van der Waals surface area contributed by atoms with E-state index in [2.05, 4.69) is 17.4 Å². The van der Waals surface area contributed by atoms with Gasteiger partial charge in [0.25, 0.3) is 0 Å². The zero-order valence-corrected chi connectivity index (χ0v) is 26.5. The predicted molar refractivity (Wildman–Crippen MR) is 177 cm³/mol. The maximum absolute atomic E-state index is 13.3. The summed E-state index contributed by atoms with van der Waals surface area (Å²) in [6, 6.07) is 36.9. The summed E-state index contributed by atoms with van der Waals surface area (Å²) < 4.78 is 42.0. The van der Waals surface area contributed by atoms with Crippen LogP contribution < -0.4 is 9.50 Å². The summed E-state index contributed by atoms with van der Waals surface area (Å²) in [7, 11) is -4.03. The number of esters is 1. The van der Waals surface area contributed by atoms with Crippen molar-refractivity contribution < 1.29 is 31.7 Å². The van der Waals surface area contributed by atoms with Crippen LogP contribution in [0, 0.1) is 6.92 Å². The van der Waals surface area contributed by atoms with E-state index in [1.807, 2.05) is 73.7 Å². The largest absolute Gasteiger partial charge is 0.459 e. The second-order valence-electron chi connectivity index (χ2n) is 11.3. The number of alkyl carbamates (subject to hydrolysis) is 1. The fourth-order valence-corrected chi connectivity index (χ4v) is 6.53. The van der Waals surface area contributed by atoms with E-state index in [1.54, 1.807) is 24.3 Å². The second kappa shape index (κ2) is 13.9. The average Bonchev–Trinajstić information content (AvgIpc) is 3.41. The molecule has 6 rings (SSSR count). The van der Waals surface area contributed by atoms with Crippen LogP contribution >= 0.6 is 0 Å². The molecule has 47 heavy (non-hydrogen) atoms. The number of carbonyl (C=O) groups excluding carboxylic acids is 2. The molecule has 0 aliphatic heterocycles. The van der Waals surface area contributed by atoms with E-state index in [1.165, 1.54) is 24.3 Å². The Kier molecular flexibility index (Phi) is 9.35. The molecule has 5 aromatic rings. The number of amides is 1. The number of nitrogens with one attached hydrogen (secondary N) is 1. The molecule has 9 heteroatoms. The highest BCUT2D eigenvalue weighted by Crippen LogP contribution is 2.44. The summed E-state index contributed by atoms with van der Waals surface area (Å²) in [6.45, 7) is 1.99. The number of rotatable bonds is 11. The van der Waals surface area contributed by atoms with Gasteiger partial charge in [0.05, 0.1) is 0 Å². The van der Waals surface area contributed by atoms with Gasteiger partial charge in [-0.3, -0.25) is 0 Å². The van der Waals surface area contributed by atoms with Crippen LogP contribution in [0.2, 0.25) is 0 Å². The third kappa shape index (κ3) is 7.53. The Morgan fingerprint density at radius 2 is 1.30 bits per heavy atom. The summed E-state index contributed by atoms with van der Waals surface area (Å²) in [5.41, 5.74) is 6.75. The molecule has 5 aromatic carbocycles. The Morgan fingerprint density at radius 3 is 1.94 bits per heavy atom. The lowest BCUT2D eigenvalue weighted by Crippen LogP contribution is -2.43. The first-order chi connectivity index (χ1) is 22.8. The molecule has 1 amide bonds. The summed E-state index contributed by atoms with van der Waals surface area (Å²) >= 11 is 0. The molecule has 0 aromatic heterocycles. The molecule has 1 aliphatic carbocycles. The van der Waals surface area contributed by atoms with Gasteiger partial charge in [-0.1, -0.05) is 109 Å². The molecule has 0 fully saturated rings. The minimum Gasteiger partial charge on any atom is -0.459 e. The molecule has 238 valence electrons. The molecule has 1 aliphatic rings. The van der Waals surface area contributed by atoms with E-state index in [0.29, 0.717) is 5.56 Å². The maximum atomic E-state index is 13.3. The van der Waals surface area contributed by atoms with Gasteiger partial charge in [0, 0.05) is 12.3 Å². The van der Waals surface area contributed by atoms with Gasteiger partial charge in [0.1, 0.15) is 29.9 Å². The third-order valence-corrected chi connectivity index (χ3v) is 9.28. The van der Waals surface area contributed by atoms with Gasteiger partial charge in [0.2, 0.25) is 0 Å². The first-order valence-electron chi connectivity index (χ1n) is 15.2. The van der Waals surface area contributed by atoms with Crippen LogP contribution in [0.15, 0.2) is 132 Å². The van der Waals surface area contributed by atoms with Crippen molar-refractivity contribution >= 4 is 22.2 Å². The van der Waals surface area contributed by atoms with Crippen LogP contribution in [-0.4, -0.2) is 33.1 Å². The van der Waals surface area contributed by atoms with Crippen molar-refractivity contribution in [3.8, 4) is 16.9 Å². The number of hydrogen-bond donors (Lipinski definition) is 1. The molecule has 0 radical (unpaired) electrons. The monoisotopic (exact) mass is 647 g/mol. The minimum atomic E-state index is -4.03. The van der Waals surface area contributed by atoms with Crippen LogP contribution in [-0.2, 0) is 37.4 Å². The van der Waals surface area contributed by atoms with Gasteiger partial charge >= 0.3 is 22.2 Å². The SMILES string of the molecule is Cc1ccc(S(=O)(=O)Oc2ccc(CC(NC(=O)OCC3c4ccccc4-c4ccccc43)C(=O)OCc3ccccc3)cc2)cc1. The summed E-state index contributed by atoms with van der Waals surface area (Å²) in [5, 5.41) is 2.69. The smallest absolute Gasteiger partial charge is 0.407 e. The Morgan fingerprint density at radius 1 is 0.702 bits per heavy atom. The van der Waals surface area contributed by atoms with Gasteiger partial charge < -0.3 is 19.0 Å². The molecule has 1 unspecified atom stereocenters. The first kappa shape index (κ1) is 31.6. The van der Waals surface area contributed by atoms with Crippen LogP contribution in [0.1, 0.15) is 33.7 Å². The van der Waals surface area contributed by atoms with Crippen molar-refractivity contribution in [2.75, 3.05) is 6.61 Å². The number of hydrogen-bond acceptors (Lipinski definition) is 7. The molecular weight excluding hydrogens is 614 g/mol. The zero-order valence-electron chi connectivity index (χ0n) is 25.7. The topological polar surface area (TPSA) is 108 Å². The Bertz CT molecular complexity index is 1930. The predicted octanol–water partition coefficient (Wildman–Crippen LogP) is 6.96. The van der Waals surface area contributed by atoms with Crippen molar-refractivity contribution in [2.24, 2.45) is 0 Å². The van der Waals surface area contributed by atoms with E-state index < -0.39 is 28.2 Å². The van der Waals surface area contributed by atoms with E-state index in [9.17, 15) is 18.0 Å². The zero-order chi connectivity index (χ0) is 32.8. The van der Waals surface area contributed by atoms with E-state index >= 15 is 0 Å². The van der Waals surface area contributed by atoms with E-state index in [4.69, 9.17) is 13.7 Å². The fourth-order valence-electron chi connectivity index (χ4n) is 5.60. The average molecular weight is 648 g/mol. The summed E-state index contributed by atoms with van der Waals surface area (Å²) in [6.07, 6.45) is -0.680. The minimum absolute atomic E-state index is 0.0339. The normalized spacial score (nSPS) is 12.8. The Balaban J connectivity index is 1.14. The molecule has 1 atom stereocenters. The molecule has 1 N–H and O–H groups in total. The van der Waals surface area contributed by atoms with Crippen LogP contribution in [0.4, 0.5) is 4.79 Å². The quantitative estimate of drug-likeness (QED) is 0.122. The van der Waals surface area contributed by atoms with Crippen molar-refractivity contribution in [2.45, 2.75) is 36.8 Å². The lowest BCUT2D eigenvalue weighted by Gasteiger charge is -2.19. The van der Waals surface area contributed by atoms with Gasteiger partial charge in [-0.05, 0) is 64.6 Å². The highest BCUT2D eigenvalue weighted by atomic mass is 32.2. The van der Waals surface area contributed by atoms with Gasteiger partial charge in [-0.15, -0.1) is 0 Å². The van der Waals surface area contributed by atoms with Gasteiger partial charge in [-0.2, -0.15) is 8.42 Å². The van der Waals surface area contributed by atoms with Crippen LogP contribution in [0.5, 0.6) is 5.75 Å². The molecule has 0 bridgehead atoms. The molecule has 0 saturated heterocycles. The van der Waals surface area contributed by atoms with Gasteiger partial charge in [0.15, 0.2) is 0 Å². The molecule has 0 saturated carbocycles. The van der Waals surface area contributed by atoms with Crippen molar-refractivity contribution in [3.05, 3.63) is 155 Å². The van der Waals surface area contributed by atoms with Gasteiger partial charge in [-0.25, -0.2) is 9.59 Å². The number of ether oxygens (including phenoxy) is 2. The molecule has 0 spiro atoms. The highest BCUT2D eigenvalue weighted by molar-refractivity contribution is 7.87. The van der Waals surface area contributed by atoms with Crippen LogP contribution in [0.3, 0.4) is 0 Å². The second-order valence-corrected chi connectivity index (χ2v) is 12.9. The van der Waals surface area contributed by atoms with Crippen molar-refractivity contribution in [1.82, 2.24) is 5.32 Å². The number of fused-ring (bicyclic) bond motifs is 3. The van der Waals surface area contributed by atoms with Crippen LogP contribution in [0.25, 0.3) is 11.1 Å². The van der Waals surface area contributed by atoms with E-state index in [0.717, 1.165) is 33.4 Å². The first-order valence-corrected chi connectivity index (χ1v) is 16.6. The molecule has 0 heterocycles. The maximum Gasteiger partial charge on any atom is 0.407 e. The fraction of sp³-hybridized carbons (Fsp3) is 0.158. The highest BCUT2D eigenvalue weighted by Gasteiger charge is 2.30. The van der Waals surface area contributed by atoms with Crippen molar-refractivity contribution in [1.29, 1.82) is 0 Å². The number of carbonyl (C=O) groups is 2. The Hall–Kier alpha value is -5.41. The Labute approximate surface area is 274 Å². The molecular formula is C38H33NO7S. The summed E-state index contributed by atoms with van der Waals surface area (Å²) in [5.74, 6) is -0.660.